The maximum atomic E-state index is 13.2. The van der Waals surface area contributed by atoms with Crippen LogP contribution in [0.2, 0.25) is 0 Å². The van der Waals surface area contributed by atoms with Gasteiger partial charge in [0.2, 0.25) is 5.13 Å². The number of likely N-dealkylation sites (N-methyl/N-ethyl adjacent to an activating group) is 1. The molecule has 0 unspecified atom stereocenters. The van der Waals surface area contributed by atoms with Gasteiger partial charge in [-0.25, -0.2) is 4.79 Å². The van der Waals surface area contributed by atoms with Gasteiger partial charge >= 0.3 is 12.2 Å². The number of anilines is 2. The second-order valence-electron chi connectivity index (χ2n) is 7.81. The molecule has 3 aromatic rings. The lowest BCUT2D eigenvalue weighted by atomic mass is 10.1. The number of carbonyl (C=O) groups is 1. The average molecular weight is 526 g/mol. The number of aromatic nitrogens is 2. The SMILES string of the molecule is COc1ccc(Cc2nnc(NC(=O)Nc3cc(C(F)(F)F)ccc3OCCN(C)C)s2)cc1OC. The molecule has 1 heterocycles. The Morgan fingerprint density at radius 2 is 1.72 bits per heavy atom. The number of alkyl halides is 3. The molecule has 0 bridgehead atoms. The zero-order valence-electron chi connectivity index (χ0n) is 20.1. The lowest BCUT2D eigenvalue weighted by molar-refractivity contribution is -0.137. The number of hydrogen-bond acceptors (Lipinski definition) is 8. The Labute approximate surface area is 210 Å². The normalized spacial score (nSPS) is 11.3. The van der Waals surface area contributed by atoms with Gasteiger partial charge in [0.05, 0.1) is 25.5 Å². The van der Waals surface area contributed by atoms with E-state index in [4.69, 9.17) is 14.2 Å². The van der Waals surface area contributed by atoms with Crippen molar-refractivity contribution in [3.05, 3.63) is 52.5 Å². The number of rotatable bonds is 10. The number of ether oxygens (including phenoxy) is 3. The minimum absolute atomic E-state index is 0.115. The van der Waals surface area contributed by atoms with Crippen molar-refractivity contribution in [3.63, 3.8) is 0 Å². The van der Waals surface area contributed by atoms with Gasteiger partial charge in [-0.05, 0) is 50.0 Å². The molecule has 2 amide bonds. The average Bonchev–Trinajstić information content (AvgIpc) is 3.25. The number of nitrogens with zero attached hydrogens (tertiary/aromatic N) is 3. The fourth-order valence-corrected chi connectivity index (χ4v) is 3.83. The summed E-state index contributed by atoms with van der Waals surface area (Å²) in [5.74, 6) is 1.28. The molecular weight excluding hydrogens is 499 g/mol. The number of nitrogens with one attached hydrogen (secondary N) is 2. The Bertz CT molecular complexity index is 1190. The third-order valence-corrected chi connectivity index (χ3v) is 5.68. The van der Waals surface area contributed by atoms with E-state index >= 15 is 0 Å². The molecule has 9 nitrogen and oxygen atoms in total. The standard InChI is InChI=1S/C23H26F3N5O4S/c1-31(2)9-10-35-17-8-6-15(23(24,25)26)13-16(17)27-21(32)28-22-30-29-20(36-22)12-14-5-7-18(33-3)19(11-14)34-4/h5-8,11,13H,9-10,12H2,1-4H3,(H2,27,28,30,32). The number of amides is 2. The number of hydrogen-bond donors (Lipinski definition) is 2. The van der Waals surface area contributed by atoms with E-state index in [2.05, 4.69) is 20.8 Å². The molecular formula is C23H26F3N5O4S. The van der Waals surface area contributed by atoms with E-state index in [-0.39, 0.29) is 23.2 Å². The molecule has 3 rings (SSSR count). The Morgan fingerprint density at radius 3 is 2.39 bits per heavy atom. The van der Waals surface area contributed by atoms with E-state index in [1.165, 1.54) is 13.2 Å². The predicted molar refractivity (Wildman–Crippen MR) is 130 cm³/mol. The minimum atomic E-state index is -4.58. The molecule has 0 saturated heterocycles. The third-order valence-electron chi connectivity index (χ3n) is 4.84. The Balaban J connectivity index is 1.69. The van der Waals surface area contributed by atoms with Crippen LogP contribution in [0.4, 0.5) is 28.8 Å². The fourth-order valence-electron chi connectivity index (χ4n) is 3.06. The van der Waals surface area contributed by atoms with Crippen molar-refractivity contribution in [3.8, 4) is 17.2 Å². The number of halogens is 3. The van der Waals surface area contributed by atoms with Crippen molar-refractivity contribution >= 4 is 28.2 Å². The van der Waals surface area contributed by atoms with Gasteiger partial charge in [-0.3, -0.25) is 5.32 Å². The van der Waals surface area contributed by atoms with E-state index in [0.717, 1.165) is 29.0 Å². The predicted octanol–water partition coefficient (Wildman–Crippen LogP) is 4.75. The molecule has 36 heavy (non-hydrogen) atoms. The van der Waals surface area contributed by atoms with Crippen LogP contribution in [-0.2, 0) is 12.6 Å². The highest BCUT2D eigenvalue weighted by atomic mass is 32.1. The summed E-state index contributed by atoms with van der Waals surface area (Å²) in [5, 5.41) is 13.7. The van der Waals surface area contributed by atoms with Crippen molar-refractivity contribution in [2.24, 2.45) is 0 Å². The monoisotopic (exact) mass is 525 g/mol. The molecule has 1 aromatic heterocycles. The van der Waals surface area contributed by atoms with Gasteiger partial charge in [-0.2, -0.15) is 13.2 Å². The quantitative estimate of drug-likeness (QED) is 0.394. The van der Waals surface area contributed by atoms with Crippen LogP contribution >= 0.6 is 11.3 Å². The smallest absolute Gasteiger partial charge is 0.416 e. The second kappa shape index (κ2) is 11.9. The summed E-state index contributed by atoms with van der Waals surface area (Å²) in [6, 6.07) is 7.57. The van der Waals surface area contributed by atoms with Crippen LogP contribution < -0.4 is 24.8 Å². The molecule has 2 aromatic carbocycles. The van der Waals surface area contributed by atoms with E-state index in [0.29, 0.717) is 29.5 Å². The van der Waals surface area contributed by atoms with E-state index in [9.17, 15) is 18.0 Å². The molecule has 0 aliphatic rings. The molecule has 2 N–H and O–H groups in total. The molecule has 0 radical (unpaired) electrons. The molecule has 0 fully saturated rings. The summed E-state index contributed by atoms with van der Waals surface area (Å²) >= 11 is 1.14. The van der Waals surface area contributed by atoms with Crippen LogP contribution in [0, 0.1) is 0 Å². The van der Waals surface area contributed by atoms with Crippen molar-refractivity contribution in [1.29, 1.82) is 0 Å². The Hall–Kier alpha value is -3.58. The van der Waals surface area contributed by atoms with Crippen molar-refractivity contribution < 1.29 is 32.2 Å². The summed E-state index contributed by atoms with van der Waals surface area (Å²) in [7, 11) is 6.76. The Morgan fingerprint density at radius 1 is 1.00 bits per heavy atom. The van der Waals surface area contributed by atoms with Crippen LogP contribution in [0.1, 0.15) is 16.1 Å². The number of benzene rings is 2. The van der Waals surface area contributed by atoms with Gasteiger partial charge in [0, 0.05) is 13.0 Å². The summed E-state index contributed by atoms with van der Waals surface area (Å²) in [4.78, 5) is 14.4. The van der Waals surface area contributed by atoms with E-state index in [1.54, 1.807) is 13.2 Å². The number of urea groups is 1. The van der Waals surface area contributed by atoms with Gasteiger partial charge in [0.25, 0.3) is 0 Å². The van der Waals surface area contributed by atoms with Crippen molar-refractivity contribution in [2.75, 3.05) is 52.1 Å². The van der Waals surface area contributed by atoms with Gasteiger partial charge in [0.1, 0.15) is 17.4 Å². The van der Waals surface area contributed by atoms with E-state index in [1.807, 2.05) is 31.1 Å². The first-order chi connectivity index (χ1) is 17.1. The first-order valence-electron chi connectivity index (χ1n) is 10.7. The van der Waals surface area contributed by atoms with Crippen LogP contribution in [-0.4, -0.2) is 62.6 Å². The molecule has 0 aliphatic heterocycles. The lowest BCUT2D eigenvalue weighted by Gasteiger charge is -2.16. The summed E-state index contributed by atoms with van der Waals surface area (Å²) in [5.41, 5.74) is -0.134. The van der Waals surface area contributed by atoms with Gasteiger partial charge in [0.15, 0.2) is 11.5 Å². The highest BCUT2D eigenvalue weighted by Gasteiger charge is 2.31. The summed E-state index contributed by atoms with van der Waals surface area (Å²) in [6.45, 7) is 0.769. The lowest BCUT2D eigenvalue weighted by Crippen LogP contribution is -2.22. The van der Waals surface area contributed by atoms with Crippen LogP contribution in [0.5, 0.6) is 17.2 Å². The Kier molecular flexibility index (Phi) is 8.93. The number of methoxy groups -OCH3 is 2. The minimum Gasteiger partial charge on any atom is -0.493 e. The topological polar surface area (TPSA) is 97.8 Å². The van der Waals surface area contributed by atoms with Crippen molar-refractivity contribution in [1.82, 2.24) is 15.1 Å². The molecule has 0 saturated carbocycles. The molecule has 0 atom stereocenters. The second-order valence-corrected chi connectivity index (χ2v) is 8.87. The highest BCUT2D eigenvalue weighted by molar-refractivity contribution is 7.15. The zero-order valence-corrected chi connectivity index (χ0v) is 20.9. The molecule has 0 spiro atoms. The van der Waals surface area contributed by atoms with E-state index < -0.39 is 17.8 Å². The van der Waals surface area contributed by atoms with Crippen LogP contribution in [0.3, 0.4) is 0 Å². The molecule has 13 heteroatoms. The first-order valence-corrected chi connectivity index (χ1v) is 11.5. The summed E-state index contributed by atoms with van der Waals surface area (Å²) in [6.07, 6.45) is -4.15. The zero-order chi connectivity index (χ0) is 26.3. The third kappa shape index (κ3) is 7.46. The molecule has 194 valence electrons. The largest absolute Gasteiger partial charge is 0.493 e. The fraction of sp³-hybridized carbons (Fsp3) is 0.348. The van der Waals surface area contributed by atoms with Gasteiger partial charge in [-0.1, -0.05) is 17.4 Å². The van der Waals surface area contributed by atoms with Gasteiger partial charge in [-0.15, -0.1) is 10.2 Å². The van der Waals surface area contributed by atoms with Crippen LogP contribution in [0.15, 0.2) is 36.4 Å². The van der Waals surface area contributed by atoms with Crippen molar-refractivity contribution in [2.45, 2.75) is 12.6 Å². The maximum absolute atomic E-state index is 13.2. The highest BCUT2D eigenvalue weighted by Crippen LogP contribution is 2.35. The maximum Gasteiger partial charge on any atom is 0.416 e. The van der Waals surface area contributed by atoms with Crippen LogP contribution in [0.25, 0.3) is 0 Å². The van der Waals surface area contributed by atoms with Gasteiger partial charge < -0.3 is 24.4 Å². The summed E-state index contributed by atoms with van der Waals surface area (Å²) < 4.78 is 55.7. The molecule has 0 aliphatic carbocycles. The first kappa shape index (κ1) is 27.0. The number of carbonyl (C=O) groups excluding carboxylic acids is 1.